The van der Waals surface area contributed by atoms with E-state index in [4.69, 9.17) is 9.52 Å². The van der Waals surface area contributed by atoms with Crippen LogP contribution in [-0.2, 0) is 0 Å². The molecule has 2 atom stereocenters. The van der Waals surface area contributed by atoms with Gasteiger partial charge in [0.25, 0.3) is 0 Å². The molecule has 0 saturated carbocycles. The van der Waals surface area contributed by atoms with Gasteiger partial charge >= 0.3 is 0 Å². The summed E-state index contributed by atoms with van der Waals surface area (Å²) in [6.45, 7) is 5.07. The van der Waals surface area contributed by atoms with Crippen LogP contribution in [0.1, 0.15) is 36.2 Å². The molecular formula is C11H18N2O2. The first-order chi connectivity index (χ1) is 7.20. The number of nitrogens with zero attached hydrogens (tertiary/aromatic N) is 1. The first kappa shape index (κ1) is 10.6. The highest BCUT2D eigenvalue weighted by molar-refractivity contribution is 5.08. The summed E-state index contributed by atoms with van der Waals surface area (Å²) in [6.07, 6.45) is 1.95. The smallest absolute Gasteiger partial charge is 0.211 e. The van der Waals surface area contributed by atoms with Crippen molar-refractivity contribution in [2.45, 2.75) is 32.7 Å². The topological polar surface area (TPSA) is 58.3 Å². The first-order valence-corrected chi connectivity index (χ1v) is 5.49. The van der Waals surface area contributed by atoms with Gasteiger partial charge in [0, 0.05) is 6.61 Å². The van der Waals surface area contributed by atoms with E-state index in [1.807, 2.05) is 13.8 Å². The monoisotopic (exact) mass is 210 g/mol. The Balaban J connectivity index is 2.09. The lowest BCUT2D eigenvalue weighted by Gasteiger charge is -2.27. The molecule has 15 heavy (non-hydrogen) atoms. The Bertz CT molecular complexity index is 316. The Kier molecular flexibility index (Phi) is 3.07. The van der Waals surface area contributed by atoms with Crippen molar-refractivity contribution in [2.75, 3.05) is 13.2 Å². The van der Waals surface area contributed by atoms with Gasteiger partial charge in [-0.15, -0.1) is 0 Å². The summed E-state index contributed by atoms with van der Waals surface area (Å²) in [6, 6.07) is 0.170. The zero-order chi connectivity index (χ0) is 10.8. The number of oxazole rings is 1. The second-order valence-electron chi connectivity index (χ2n) is 4.27. The molecule has 0 amide bonds. The molecule has 1 saturated heterocycles. The summed E-state index contributed by atoms with van der Waals surface area (Å²) in [5, 5.41) is 12.5. The van der Waals surface area contributed by atoms with Gasteiger partial charge < -0.3 is 14.8 Å². The number of hydrogen-bond donors (Lipinski definition) is 2. The highest BCUT2D eigenvalue weighted by Crippen LogP contribution is 2.27. The van der Waals surface area contributed by atoms with E-state index in [0.717, 1.165) is 36.7 Å². The molecule has 2 heterocycles. The summed E-state index contributed by atoms with van der Waals surface area (Å²) in [5.74, 6) is 2.03. The van der Waals surface area contributed by atoms with Crippen LogP contribution >= 0.6 is 0 Å². The number of nitrogens with one attached hydrogen (secondary N) is 1. The van der Waals surface area contributed by atoms with Gasteiger partial charge in [0.15, 0.2) is 0 Å². The molecule has 2 unspecified atom stereocenters. The van der Waals surface area contributed by atoms with E-state index in [0.29, 0.717) is 5.92 Å². The molecule has 84 valence electrons. The van der Waals surface area contributed by atoms with Crippen molar-refractivity contribution in [2.24, 2.45) is 5.92 Å². The van der Waals surface area contributed by atoms with Crippen LogP contribution in [0.2, 0.25) is 0 Å². The maximum Gasteiger partial charge on any atom is 0.211 e. The van der Waals surface area contributed by atoms with Crippen molar-refractivity contribution in [3.05, 3.63) is 17.3 Å². The lowest BCUT2D eigenvalue weighted by molar-refractivity contribution is 0.167. The number of piperidine rings is 1. The third-order valence-electron chi connectivity index (χ3n) is 3.11. The number of rotatable bonds is 2. The second-order valence-corrected chi connectivity index (χ2v) is 4.27. The second kappa shape index (κ2) is 4.33. The largest absolute Gasteiger partial charge is 0.444 e. The van der Waals surface area contributed by atoms with E-state index in [1.165, 1.54) is 0 Å². The lowest BCUT2D eigenvalue weighted by atomic mass is 9.93. The minimum atomic E-state index is 0.170. The number of aliphatic hydroxyl groups is 1. The normalized spacial score (nSPS) is 26.9. The van der Waals surface area contributed by atoms with Crippen molar-refractivity contribution in [1.82, 2.24) is 10.3 Å². The molecule has 1 aliphatic rings. The molecule has 1 aromatic rings. The van der Waals surface area contributed by atoms with Gasteiger partial charge in [-0.3, -0.25) is 0 Å². The quantitative estimate of drug-likeness (QED) is 0.773. The van der Waals surface area contributed by atoms with Crippen molar-refractivity contribution < 1.29 is 9.52 Å². The summed E-state index contributed by atoms with van der Waals surface area (Å²) in [7, 11) is 0. The zero-order valence-electron chi connectivity index (χ0n) is 9.29. The van der Waals surface area contributed by atoms with Gasteiger partial charge in [-0.25, -0.2) is 4.98 Å². The summed E-state index contributed by atoms with van der Waals surface area (Å²) < 4.78 is 5.59. The van der Waals surface area contributed by atoms with Gasteiger partial charge in [-0.1, -0.05) is 0 Å². The molecule has 2 rings (SSSR count). The molecule has 0 aromatic carbocycles. The summed E-state index contributed by atoms with van der Waals surface area (Å²) in [5.41, 5.74) is 0.956. The number of hydrogen-bond acceptors (Lipinski definition) is 4. The van der Waals surface area contributed by atoms with Gasteiger partial charge in [0.05, 0.1) is 11.7 Å². The third kappa shape index (κ3) is 2.21. The van der Waals surface area contributed by atoms with E-state index in [-0.39, 0.29) is 12.6 Å². The molecule has 0 spiro atoms. The van der Waals surface area contributed by atoms with E-state index in [2.05, 4.69) is 10.3 Å². The van der Waals surface area contributed by atoms with Crippen molar-refractivity contribution in [1.29, 1.82) is 0 Å². The molecular weight excluding hydrogens is 192 g/mol. The summed E-state index contributed by atoms with van der Waals surface area (Å²) in [4.78, 5) is 4.39. The standard InChI is InChI=1S/C11H18N2O2/c1-7-8(2)15-11(13-7)10-5-9(6-14)3-4-12-10/h9-10,12,14H,3-6H2,1-2H3. The minimum Gasteiger partial charge on any atom is -0.444 e. The molecule has 1 fully saturated rings. The molecule has 4 nitrogen and oxygen atoms in total. The molecule has 0 radical (unpaired) electrons. The van der Waals surface area contributed by atoms with Crippen LogP contribution < -0.4 is 5.32 Å². The lowest BCUT2D eigenvalue weighted by Crippen LogP contribution is -2.33. The summed E-state index contributed by atoms with van der Waals surface area (Å²) >= 11 is 0. The third-order valence-corrected chi connectivity index (χ3v) is 3.11. The van der Waals surface area contributed by atoms with Gasteiger partial charge in [0.1, 0.15) is 5.76 Å². The first-order valence-electron chi connectivity index (χ1n) is 5.49. The average Bonchev–Trinajstić information content (AvgIpc) is 2.59. The Hall–Kier alpha value is -0.870. The fourth-order valence-electron chi connectivity index (χ4n) is 2.00. The predicted molar refractivity (Wildman–Crippen MR) is 56.5 cm³/mol. The van der Waals surface area contributed by atoms with Crippen molar-refractivity contribution in [3.8, 4) is 0 Å². The maximum absolute atomic E-state index is 9.14. The van der Waals surface area contributed by atoms with E-state index >= 15 is 0 Å². The van der Waals surface area contributed by atoms with Crippen LogP contribution in [0, 0.1) is 19.8 Å². The Morgan fingerprint density at radius 3 is 2.93 bits per heavy atom. The van der Waals surface area contributed by atoms with Gasteiger partial charge in [0.2, 0.25) is 5.89 Å². The molecule has 2 N–H and O–H groups in total. The van der Waals surface area contributed by atoms with Crippen molar-refractivity contribution in [3.63, 3.8) is 0 Å². The fourth-order valence-corrected chi connectivity index (χ4v) is 2.00. The number of aromatic nitrogens is 1. The van der Waals surface area contributed by atoms with E-state index in [9.17, 15) is 0 Å². The van der Waals surface area contributed by atoms with Crippen LogP contribution in [-0.4, -0.2) is 23.2 Å². The van der Waals surface area contributed by atoms with Crippen LogP contribution in [0.4, 0.5) is 0 Å². The molecule has 1 aromatic heterocycles. The van der Waals surface area contributed by atoms with Crippen molar-refractivity contribution >= 4 is 0 Å². The maximum atomic E-state index is 9.14. The fraction of sp³-hybridized carbons (Fsp3) is 0.727. The van der Waals surface area contributed by atoms with E-state index in [1.54, 1.807) is 0 Å². The Morgan fingerprint density at radius 2 is 2.33 bits per heavy atom. The molecule has 0 aliphatic carbocycles. The van der Waals surface area contributed by atoms with E-state index < -0.39 is 0 Å². The molecule has 1 aliphatic heterocycles. The number of aryl methyl sites for hydroxylation is 2. The Morgan fingerprint density at radius 1 is 1.53 bits per heavy atom. The van der Waals surface area contributed by atoms with Crippen LogP contribution in [0.5, 0.6) is 0 Å². The van der Waals surface area contributed by atoms with Crippen LogP contribution in [0.15, 0.2) is 4.42 Å². The van der Waals surface area contributed by atoms with Gasteiger partial charge in [-0.05, 0) is 39.2 Å². The van der Waals surface area contributed by atoms with Crippen LogP contribution in [0.3, 0.4) is 0 Å². The van der Waals surface area contributed by atoms with Gasteiger partial charge in [-0.2, -0.15) is 0 Å². The Labute approximate surface area is 89.7 Å². The predicted octanol–water partition coefficient (Wildman–Crippen LogP) is 1.32. The highest BCUT2D eigenvalue weighted by Gasteiger charge is 2.25. The zero-order valence-corrected chi connectivity index (χ0v) is 9.29. The molecule has 0 bridgehead atoms. The SMILES string of the molecule is Cc1nc(C2CC(CO)CCN2)oc1C. The average molecular weight is 210 g/mol. The minimum absolute atomic E-state index is 0.170. The molecule has 4 heteroatoms. The highest BCUT2D eigenvalue weighted by atomic mass is 16.4. The number of aliphatic hydroxyl groups excluding tert-OH is 1. The van der Waals surface area contributed by atoms with Crippen LogP contribution in [0.25, 0.3) is 0 Å².